The predicted octanol–water partition coefficient (Wildman–Crippen LogP) is 2.55. The fourth-order valence-electron chi connectivity index (χ4n) is 2.53. The Bertz CT molecular complexity index is 429. The number of thioether (sulfide) groups is 1. The SMILES string of the molecule is CCCC(C(=O)NCC1(O)CCSC1)c1ccccc1. The van der Waals surface area contributed by atoms with Crippen LogP contribution in [0.4, 0.5) is 0 Å². The number of hydrogen-bond acceptors (Lipinski definition) is 3. The Hall–Kier alpha value is -1.00. The van der Waals surface area contributed by atoms with Crippen LogP contribution in [0.1, 0.15) is 37.7 Å². The zero-order chi connectivity index (χ0) is 14.4. The molecule has 0 aromatic heterocycles. The highest BCUT2D eigenvalue weighted by Crippen LogP contribution is 2.27. The van der Waals surface area contributed by atoms with Crippen molar-refractivity contribution in [2.45, 2.75) is 37.7 Å². The Morgan fingerprint density at radius 1 is 1.45 bits per heavy atom. The van der Waals surface area contributed by atoms with E-state index >= 15 is 0 Å². The van der Waals surface area contributed by atoms with Crippen molar-refractivity contribution in [2.24, 2.45) is 0 Å². The van der Waals surface area contributed by atoms with Gasteiger partial charge in [0.2, 0.25) is 5.91 Å². The second-order valence-corrected chi connectivity index (χ2v) is 6.60. The van der Waals surface area contributed by atoms with E-state index in [9.17, 15) is 9.90 Å². The molecule has 2 unspecified atom stereocenters. The van der Waals surface area contributed by atoms with Gasteiger partial charge in [0.1, 0.15) is 0 Å². The maximum absolute atomic E-state index is 12.4. The molecule has 0 spiro atoms. The van der Waals surface area contributed by atoms with E-state index in [2.05, 4.69) is 12.2 Å². The van der Waals surface area contributed by atoms with Crippen molar-refractivity contribution in [3.63, 3.8) is 0 Å². The number of hydrogen-bond donors (Lipinski definition) is 2. The second kappa shape index (κ2) is 7.14. The summed E-state index contributed by atoms with van der Waals surface area (Å²) in [6.07, 6.45) is 2.57. The monoisotopic (exact) mass is 293 g/mol. The first kappa shape index (κ1) is 15.4. The molecule has 110 valence electrons. The third-order valence-corrected chi connectivity index (χ3v) is 5.00. The molecule has 1 heterocycles. The molecule has 1 aromatic carbocycles. The predicted molar refractivity (Wildman–Crippen MR) is 84.0 cm³/mol. The molecule has 20 heavy (non-hydrogen) atoms. The number of amides is 1. The molecule has 2 rings (SSSR count). The highest BCUT2D eigenvalue weighted by molar-refractivity contribution is 7.99. The lowest BCUT2D eigenvalue weighted by molar-refractivity contribution is -0.123. The summed E-state index contributed by atoms with van der Waals surface area (Å²) in [6, 6.07) is 9.89. The van der Waals surface area contributed by atoms with Crippen molar-refractivity contribution in [2.75, 3.05) is 18.1 Å². The van der Waals surface area contributed by atoms with Gasteiger partial charge in [0.05, 0.1) is 11.5 Å². The van der Waals surface area contributed by atoms with E-state index in [0.29, 0.717) is 6.54 Å². The van der Waals surface area contributed by atoms with Crippen molar-refractivity contribution >= 4 is 17.7 Å². The fraction of sp³-hybridized carbons (Fsp3) is 0.562. The zero-order valence-electron chi connectivity index (χ0n) is 12.0. The Labute approximate surface area is 125 Å². The minimum atomic E-state index is -0.715. The summed E-state index contributed by atoms with van der Waals surface area (Å²) in [5.74, 6) is 1.61. The quantitative estimate of drug-likeness (QED) is 0.847. The topological polar surface area (TPSA) is 49.3 Å². The van der Waals surface area contributed by atoms with Crippen LogP contribution in [-0.2, 0) is 4.79 Å². The number of rotatable bonds is 6. The lowest BCUT2D eigenvalue weighted by Gasteiger charge is -2.24. The minimum absolute atomic E-state index is 0.0309. The molecule has 3 nitrogen and oxygen atoms in total. The van der Waals surface area contributed by atoms with Gasteiger partial charge in [0, 0.05) is 12.3 Å². The smallest absolute Gasteiger partial charge is 0.227 e. The summed E-state index contributed by atoms with van der Waals surface area (Å²) < 4.78 is 0. The molecule has 4 heteroatoms. The van der Waals surface area contributed by atoms with E-state index in [1.54, 1.807) is 11.8 Å². The van der Waals surface area contributed by atoms with E-state index in [0.717, 1.165) is 36.3 Å². The minimum Gasteiger partial charge on any atom is -0.387 e. The van der Waals surface area contributed by atoms with Gasteiger partial charge in [-0.25, -0.2) is 0 Å². The summed E-state index contributed by atoms with van der Waals surface area (Å²) >= 11 is 1.75. The molecule has 1 saturated heterocycles. The highest BCUT2D eigenvalue weighted by Gasteiger charge is 2.32. The van der Waals surface area contributed by atoms with Gasteiger partial charge in [-0.3, -0.25) is 4.79 Å². The normalized spacial score (nSPS) is 23.5. The van der Waals surface area contributed by atoms with Gasteiger partial charge in [-0.1, -0.05) is 43.7 Å². The molecule has 0 bridgehead atoms. The first-order valence-electron chi connectivity index (χ1n) is 7.27. The van der Waals surface area contributed by atoms with Crippen LogP contribution in [-0.4, -0.2) is 34.7 Å². The molecular weight excluding hydrogens is 270 g/mol. The number of nitrogens with one attached hydrogen (secondary N) is 1. The highest BCUT2D eigenvalue weighted by atomic mass is 32.2. The molecule has 2 N–H and O–H groups in total. The van der Waals surface area contributed by atoms with Crippen LogP contribution in [0.2, 0.25) is 0 Å². The lowest BCUT2D eigenvalue weighted by atomic mass is 9.93. The first-order chi connectivity index (χ1) is 9.64. The molecular formula is C16H23NO2S. The molecule has 0 aliphatic carbocycles. The molecule has 1 amide bonds. The van der Waals surface area contributed by atoms with Gasteiger partial charge >= 0.3 is 0 Å². The van der Waals surface area contributed by atoms with E-state index in [1.807, 2.05) is 30.3 Å². The molecule has 1 aliphatic heterocycles. The van der Waals surface area contributed by atoms with E-state index < -0.39 is 5.60 Å². The van der Waals surface area contributed by atoms with Gasteiger partial charge in [-0.15, -0.1) is 0 Å². The fourth-order valence-corrected chi connectivity index (χ4v) is 3.83. The Balaban J connectivity index is 1.97. The van der Waals surface area contributed by atoms with Gasteiger partial charge in [-0.2, -0.15) is 11.8 Å². The van der Waals surface area contributed by atoms with Crippen LogP contribution in [0.5, 0.6) is 0 Å². The van der Waals surface area contributed by atoms with Crippen LogP contribution < -0.4 is 5.32 Å². The summed E-state index contributed by atoms with van der Waals surface area (Å²) in [6.45, 7) is 2.45. The van der Waals surface area contributed by atoms with Crippen LogP contribution in [0.3, 0.4) is 0 Å². The summed E-state index contributed by atoms with van der Waals surface area (Å²) in [5.41, 5.74) is 0.341. The molecule has 1 aromatic rings. The lowest BCUT2D eigenvalue weighted by Crippen LogP contribution is -2.44. The van der Waals surface area contributed by atoms with Crippen LogP contribution in [0.15, 0.2) is 30.3 Å². The summed E-state index contributed by atoms with van der Waals surface area (Å²) in [7, 11) is 0. The average molecular weight is 293 g/mol. The second-order valence-electron chi connectivity index (χ2n) is 5.50. The van der Waals surface area contributed by atoms with Crippen molar-refractivity contribution in [1.29, 1.82) is 0 Å². The number of benzene rings is 1. The Morgan fingerprint density at radius 2 is 2.20 bits per heavy atom. The third kappa shape index (κ3) is 4.00. The van der Waals surface area contributed by atoms with Crippen molar-refractivity contribution in [1.82, 2.24) is 5.32 Å². The van der Waals surface area contributed by atoms with Crippen molar-refractivity contribution in [3.05, 3.63) is 35.9 Å². The molecule has 0 saturated carbocycles. The largest absolute Gasteiger partial charge is 0.387 e. The number of aliphatic hydroxyl groups is 1. The molecule has 2 atom stereocenters. The summed E-state index contributed by atoms with van der Waals surface area (Å²) in [5, 5.41) is 13.2. The average Bonchev–Trinajstić information content (AvgIpc) is 2.90. The van der Waals surface area contributed by atoms with Gasteiger partial charge in [-0.05, 0) is 24.2 Å². The van der Waals surface area contributed by atoms with Gasteiger partial charge < -0.3 is 10.4 Å². The number of carbonyl (C=O) groups is 1. The van der Waals surface area contributed by atoms with E-state index in [4.69, 9.17) is 0 Å². The number of carbonyl (C=O) groups excluding carboxylic acids is 1. The molecule has 1 aliphatic rings. The maximum atomic E-state index is 12.4. The molecule has 0 radical (unpaired) electrons. The standard InChI is InChI=1S/C16H23NO2S/c1-2-6-14(13-7-4-3-5-8-13)15(18)17-11-16(19)9-10-20-12-16/h3-5,7-8,14,19H,2,6,9-12H2,1H3,(H,17,18). The van der Waals surface area contributed by atoms with Gasteiger partial charge in [0.25, 0.3) is 0 Å². The van der Waals surface area contributed by atoms with E-state index in [-0.39, 0.29) is 11.8 Å². The molecule has 1 fully saturated rings. The van der Waals surface area contributed by atoms with E-state index in [1.165, 1.54) is 0 Å². The summed E-state index contributed by atoms with van der Waals surface area (Å²) in [4.78, 5) is 12.4. The first-order valence-corrected chi connectivity index (χ1v) is 8.43. The van der Waals surface area contributed by atoms with Crippen molar-refractivity contribution in [3.8, 4) is 0 Å². The van der Waals surface area contributed by atoms with Gasteiger partial charge in [0.15, 0.2) is 0 Å². The van der Waals surface area contributed by atoms with Crippen LogP contribution >= 0.6 is 11.8 Å². The Morgan fingerprint density at radius 3 is 2.80 bits per heavy atom. The maximum Gasteiger partial charge on any atom is 0.227 e. The zero-order valence-corrected chi connectivity index (χ0v) is 12.8. The van der Waals surface area contributed by atoms with Crippen molar-refractivity contribution < 1.29 is 9.90 Å². The Kier molecular flexibility index (Phi) is 5.49. The van der Waals surface area contributed by atoms with Crippen LogP contribution in [0.25, 0.3) is 0 Å². The van der Waals surface area contributed by atoms with Crippen LogP contribution in [0, 0.1) is 0 Å². The third-order valence-electron chi connectivity index (χ3n) is 3.77.